The average molecular weight is 299 g/mol. The molecule has 0 unspecified atom stereocenters. The number of nitrogens with zero attached hydrogens (tertiary/aromatic N) is 1. The molecular weight excluding hydrogens is 274 g/mol. The van der Waals surface area contributed by atoms with Gasteiger partial charge in [-0.2, -0.15) is 0 Å². The van der Waals surface area contributed by atoms with Gasteiger partial charge in [-0.05, 0) is 31.2 Å². The van der Waals surface area contributed by atoms with Gasteiger partial charge < -0.3 is 10.3 Å². The zero-order valence-electron chi connectivity index (χ0n) is 12.1. The number of rotatable bonds is 9. The van der Waals surface area contributed by atoms with Crippen molar-refractivity contribution in [1.82, 2.24) is 9.29 Å². The van der Waals surface area contributed by atoms with Gasteiger partial charge in [0.15, 0.2) is 0 Å². The van der Waals surface area contributed by atoms with Gasteiger partial charge in [-0.25, -0.2) is 13.1 Å². The SMILES string of the molecule is CCCn1cc(S(=O)(=O)NCCCC2CC2)cc1CN. The quantitative estimate of drug-likeness (QED) is 0.683. The van der Waals surface area contributed by atoms with Gasteiger partial charge in [-0.15, -0.1) is 0 Å². The molecular formula is C14H25N3O2S. The summed E-state index contributed by atoms with van der Waals surface area (Å²) in [6, 6.07) is 1.68. The molecule has 114 valence electrons. The molecule has 1 aliphatic carbocycles. The summed E-state index contributed by atoms with van der Waals surface area (Å²) in [4.78, 5) is 0.331. The number of aromatic nitrogens is 1. The molecule has 0 amide bonds. The highest BCUT2D eigenvalue weighted by atomic mass is 32.2. The van der Waals surface area contributed by atoms with Crippen LogP contribution in [0.25, 0.3) is 0 Å². The first-order valence-corrected chi connectivity index (χ1v) is 8.94. The predicted octanol–water partition coefficient (Wildman–Crippen LogP) is 1.83. The van der Waals surface area contributed by atoms with Crippen LogP contribution < -0.4 is 10.5 Å². The highest BCUT2D eigenvalue weighted by Crippen LogP contribution is 2.33. The van der Waals surface area contributed by atoms with E-state index in [1.165, 1.54) is 12.8 Å². The summed E-state index contributed by atoms with van der Waals surface area (Å²) in [5.41, 5.74) is 6.53. The molecule has 0 aromatic carbocycles. The lowest BCUT2D eigenvalue weighted by atomic mass is 10.2. The minimum Gasteiger partial charge on any atom is -0.349 e. The standard InChI is InChI=1S/C14H25N3O2S/c1-2-8-17-11-14(9-13(17)10-15)20(18,19)16-7-3-4-12-5-6-12/h9,11-12,16H,2-8,10,15H2,1H3. The van der Waals surface area contributed by atoms with E-state index in [1.54, 1.807) is 12.3 Å². The van der Waals surface area contributed by atoms with Crippen LogP contribution in [0.15, 0.2) is 17.2 Å². The number of nitrogens with one attached hydrogen (secondary N) is 1. The van der Waals surface area contributed by atoms with Crippen LogP contribution in [0.3, 0.4) is 0 Å². The maximum atomic E-state index is 12.2. The van der Waals surface area contributed by atoms with Crippen LogP contribution in [0.2, 0.25) is 0 Å². The first-order chi connectivity index (χ1) is 9.56. The second-order valence-corrected chi connectivity index (χ2v) is 7.31. The maximum Gasteiger partial charge on any atom is 0.242 e. The minimum atomic E-state index is -3.39. The van der Waals surface area contributed by atoms with Crippen LogP contribution in [0.1, 0.15) is 44.7 Å². The highest BCUT2D eigenvalue weighted by molar-refractivity contribution is 7.89. The van der Waals surface area contributed by atoms with Gasteiger partial charge in [0.25, 0.3) is 0 Å². The molecule has 1 heterocycles. The third-order valence-corrected chi connectivity index (χ3v) is 5.15. The first-order valence-electron chi connectivity index (χ1n) is 7.45. The fourth-order valence-electron chi connectivity index (χ4n) is 2.38. The molecule has 0 atom stereocenters. The Hall–Kier alpha value is -0.850. The second-order valence-electron chi connectivity index (χ2n) is 5.55. The van der Waals surface area contributed by atoms with Gasteiger partial charge in [-0.3, -0.25) is 0 Å². The summed E-state index contributed by atoms with van der Waals surface area (Å²) >= 11 is 0. The largest absolute Gasteiger partial charge is 0.349 e. The van der Waals surface area contributed by atoms with Gasteiger partial charge >= 0.3 is 0 Å². The van der Waals surface area contributed by atoms with E-state index in [4.69, 9.17) is 5.73 Å². The molecule has 1 aliphatic rings. The van der Waals surface area contributed by atoms with Gasteiger partial charge in [0.2, 0.25) is 10.0 Å². The Kier molecular flexibility index (Phi) is 5.23. The molecule has 1 saturated carbocycles. The second kappa shape index (κ2) is 6.74. The van der Waals surface area contributed by atoms with Crippen LogP contribution in [0.5, 0.6) is 0 Å². The number of hydrogen-bond donors (Lipinski definition) is 2. The van der Waals surface area contributed by atoms with Crippen LogP contribution in [0, 0.1) is 5.92 Å². The molecule has 0 spiro atoms. The highest BCUT2D eigenvalue weighted by Gasteiger charge is 2.21. The summed E-state index contributed by atoms with van der Waals surface area (Å²) in [5.74, 6) is 0.842. The van der Waals surface area contributed by atoms with Crippen molar-refractivity contribution < 1.29 is 8.42 Å². The summed E-state index contributed by atoms with van der Waals surface area (Å²) in [6.45, 7) is 3.74. The van der Waals surface area contributed by atoms with Gasteiger partial charge in [0.05, 0.1) is 4.90 Å². The van der Waals surface area contributed by atoms with Crippen molar-refractivity contribution in [3.63, 3.8) is 0 Å². The molecule has 2 rings (SSSR count). The third kappa shape index (κ3) is 4.07. The van der Waals surface area contributed by atoms with Crippen molar-refractivity contribution in [3.05, 3.63) is 18.0 Å². The monoisotopic (exact) mass is 299 g/mol. The van der Waals surface area contributed by atoms with Gasteiger partial charge in [0, 0.05) is 31.5 Å². The van der Waals surface area contributed by atoms with E-state index in [1.807, 2.05) is 4.57 Å². The van der Waals surface area contributed by atoms with Crippen LogP contribution in [-0.2, 0) is 23.1 Å². The Labute approximate surface area is 121 Å². The lowest BCUT2D eigenvalue weighted by Crippen LogP contribution is -2.24. The zero-order chi connectivity index (χ0) is 14.6. The average Bonchev–Trinajstić information content (AvgIpc) is 3.14. The Balaban J connectivity index is 1.96. The normalized spacial score (nSPS) is 15.7. The van der Waals surface area contributed by atoms with Gasteiger partial charge in [-0.1, -0.05) is 19.8 Å². The summed E-state index contributed by atoms with van der Waals surface area (Å²) < 4.78 is 29.0. The van der Waals surface area contributed by atoms with Crippen LogP contribution in [-0.4, -0.2) is 19.5 Å². The molecule has 0 saturated heterocycles. The molecule has 6 heteroatoms. The number of nitrogens with two attached hydrogens (primary N) is 1. The van der Waals surface area contributed by atoms with Crippen molar-refractivity contribution in [3.8, 4) is 0 Å². The molecule has 1 aromatic heterocycles. The predicted molar refractivity (Wildman–Crippen MR) is 79.8 cm³/mol. The first kappa shape index (κ1) is 15.5. The minimum absolute atomic E-state index is 0.331. The van der Waals surface area contributed by atoms with E-state index in [9.17, 15) is 8.42 Å². The topological polar surface area (TPSA) is 77.1 Å². The lowest BCUT2D eigenvalue weighted by molar-refractivity contribution is 0.572. The van der Waals surface area contributed by atoms with Crippen molar-refractivity contribution in [1.29, 1.82) is 0 Å². The lowest BCUT2D eigenvalue weighted by Gasteiger charge is -2.05. The van der Waals surface area contributed by atoms with Crippen molar-refractivity contribution >= 4 is 10.0 Å². The van der Waals surface area contributed by atoms with Crippen molar-refractivity contribution in [2.24, 2.45) is 11.7 Å². The van der Waals surface area contributed by atoms with Crippen LogP contribution >= 0.6 is 0 Å². The molecule has 0 aliphatic heterocycles. The zero-order valence-corrected chi connectivity index (χ0v) is 13.0. The molecule has 3 N–H and O–H groups in total. The Morgan fingerprint density at radius 3 is 2.80 bits per heavy atom. The summed E-state index contributed by atoms with van der Waals surface area (Å²) in [7, 11) is -3.39. The smallest absolute Gasteiger partial charge is 0.242 e. The molecule has 0 bridgehead atoms. The molecule has 1 fully saturated rings. The Morgan fingerprint density at radius 1 is 1.45 bits per heavy atom. The fraction of sp³-hybridized carbons (Fsp3) is 0.714. The molecule has 0 radical (unpaired) electrons. The Bertz CT molecular complexity index is 533. The maximum absolute atomic E-state index is 12.2. The van der Waals surface area contributed by atoms with E-state index < -0.39 is 10.0 Å². The van der Waals surface area contributed by atoms with Crippen molar-refractivity contribution in [2.45, 2.75) is 57.0 Å². The van der Waals surface area contributed by atoms with Gasteiger partial charge in [0.1, 0.15) is 0 Å². The molecule has 5 nitrogen and oxygen atoms in total. The fourth-order valence-corrected chi connectivity index (χ4v) is 3.52. The Morgan fingerprint density at radius 2 is 2.20 bits per heavy atom. The number of sulfonamides is 1. The van der Waals surface area contributed by atoms with Crippen molar-refractivity contribution in [2.75, 3.05) is 6.54 Å². The van der Waals surface area contributed by atoms with E-state index in [2.05, 4.69) is 11.6 Å². The number of aryl methyl sites for hydroxylation is 1. The van der Waals surface area contributed by atoms with Crippen LogP contribution in [0.4, 0.5) is 0 Å². The van der Waals surface area contributed by atoms with E-state index in [-0.39, 0.29) is 0 Å². The molecule has 20 heavy (non-hydrogen) atoms. The van der Waals surface area contributed by atoms with E-state index in [0.717, 1.165) is 37.4 Å². The third-order valence-electron chi connectivity index (χ3n) is 3.72. The number of hydrogen-bond acceptors (Lipinski definition) is 3. The molecule has 1 aromatic rings. The van der Waals surface area contributed by atoms with E-state index in [0.29, 0.717) is 18.0 Å². The summed E-state index contributed by atoms with van der Waals surface area (Å²) in [6.07, 6.45) is 7.32. The summed E-state index contributed by atoms with van der Waals surface area (Å²) in [5, 5.41) is 0. The van der Waals surface area contributed by atoms with E-state index >= 15 is 0 Å².